The number of amides is 1. The first-order valence-corrected chi connectivity index (χ1v) is 6.56. The lowest BCUT2D eigenvalue weighted by Gasteiger charge is -2.08. The Kier molecular flexibility index (Phi) is 3.94. The fourth-order valence-electron chi connectivity index (χ4n) is 1.63. The molecule has 2 aromatic rings. The number of phenolic OH excluding ortho intramolecular Hbond substituents is 1. The van der Waals surface area contributed by atoms with Gasteiger partial charge in [-0.25, -0.2) is 4.98 Å². The average Bonchev–Trinajstić information content (AvgIpc) is 2.85. The van der Waals surface area contributed by atoms with Gasteiger partial charge in [0.1, 0.15) is 5.75 Å². The predicted molar refractivity (Wildman–Crippen MR) is 71.0 cm³/mol. The SMILES string of the molecule is Cc1c(O)cccc1C(=O)NCCc1cscn1. The molecule has 94 valence electrons. The molecule has 0 saturated carbocycles. The maximum Gasteiger partial charge on any atom is 0.251 e. The van der Waals surface area contributed by atoms with E-state index < -0.39 is 0 Å². The van der Waals surface area contributed by atoms with Gasteiger partial charge >= 0.3 is 0 Å². The van der Waals surface area contributed by atoms with Gasteiger partial charge in [0.2, 0.25) is 0 Å². The normalized spacial score (nSPS) is 10.3. The van der Waals surface area contributed by atoms with Crippen LogP contribution in [-0.4, -0.2) is 22.5 Å². The molecule has 0 aliphatic heterocycles. The van der Waals surface area contributed by atoms with Gasteiger partial charge in [-0.2, -0.15) is 0 Å². The zero-order chi connectivity index (χ0) is 13.0. The van der Waals surface area contributed by atoms with Crippen LogP contribution in [0.2, 0.25) is 0 Å². The number of hydrogen-bond donors (Lipinski definition) is 2. The van der Waals surface area contributed by atoms with Crippen LogP contribution in [0.4, 0.5) is 0 Å². The molecule has 18 heavy (non-hydrogen) atoms. The van der Waals surface area contributed by atoms with Gasteiger partial charge in [0, 0.05) is 29.5 Å². The molecule has 5 heteroatoms. The molecule has 0 spiro atoms. The molecule has 1 amide bonds. The van der Waals surface area contributed by atoms with Gasteiger partial charge in [-0.05, 0) is 19.1 Å². The van der Waals surface area contributed by atoms with Crippen LogP contribution in [0, 0.1) is 6.92 Å². The number of rotatable bonds is 4. The van der Waals surface area contributed by atoms with E-state index in [-0.39, 0.29) is 11.7 Å². The Bertz CT molecular complexity index is 538. The molecule has 0 radical (unpaired) electrons. The molecular weight excluding hydrogens is 248 g/mol. The minimum Gasteiger partial charge on any atom is -0.508 e. The highest BCUT2D eigenvalue weighted by Crippen LogP contribution is 2.19. The van der Waals surface area contributed by atoms with Crippen molar-refractivity contribution in [2.75, 3.05) is 6.54 Å². The van der Waals surface area contributed by atoms with Crippen molar-refractivity contribution in [1.82, 2.24) is 10.3 Å². The number of benzene rings is 1. The third kappa shape index (κ3) is 2.87. The second kappa shape index (κ2) is 5.64. The van der Waals surface area contributed by atoms with Crippen LogP contribution in [0.25, 0.3) is 0 Å². The van der Waals surface area contributed by atoms with Crippen LogP contribution in [0.5, 0.6) is 5.75 Å². The minimum absolute atomic E-state index is 0.141. The second-order valence-electron chi connectivity index (χ2n) is 3.94. The molecule has 4 nitrogen and oxygen atoms in total. The lowest BCUT2D eigenvalue weighted by molar-refractivity contribution is 0.0953. The Morgan fingerprint density at radius 2 is 2.33 bits per heavy atom. The standard InChI is InChI=1S/C13H14N2O2S/c1-9-11(3-2-4-12(9)16)13(17)14-6-5-10-7-18-8-15-10/h2-4,7-8,16H,5-6H2,1H3,(H,14,17). The van der Waals surface area contributed by atoms with E-state index in [1.807, 2.05) is 5.38 Å². The predicted octanol–water partition coefficient (Wildman–Crippen LogP) is 2.13. The van der Waals surface area contributed by atoms with E-state index in [1.54, 1.807) is 42.0 Å². The lowest BCUT2D eigenvalue weighted by atomic mass is 10.1. The fourth-order valence-corrected chi connectivity index (χ4v) is 2.22. The van der Waals surface area contributed by atoms with E-state index >= 15 is 0 Å². The molecule has 0 atom stereocenters. The molecule has 2 rings (SSSR count). The Morgan fingerprint density at radius 1 is 1.50 bits per heavy atom. The van der Waals surface area contributed by atoms with Crippen molar-refractivity contribution in [2.45, 2.75) is 13.3 Å². The highest BCUT2D eigenvalue weighted by atomic mass is 32.1. The van der Waals surface area contributed by atoms with Crippen molar-refractivity contribution >= 4 is 17.2 Å². The molecule has 0 fully saturated rings. The summed E-state index contributed by atoms with van der Waals surface area (Å²) in [6.07, 6.45) is 0.715. The van der Waals surface area contributed by atoms with Crippen molar-refractivity contribution in [3.8, 4) is 5.75 Å². The summed E-state index contributed by atoms with van der Waals surface area (Å²) < 4.78 is 0. The Balaban J connectivity index is 1.93. The van der Waals surface area contributed by atoms with Crippen molar-refractivity contribution in [3.63, 3.8) is 0 Å². The molecule has 1 aromatic carbocycles. The van der Waals surface area contributed by atoms with Crippen molar-refractivity contribution in [2.24, 2.45) is 0 Å². The van der Waals surface area contributed by atoms with Crippen molar-refractivity contribution in [3.05, 3.63) is 45.9 Å². The zero-order valence-corrected chi connectivity index (χ0v) is 10.8. The summed E-state index contributed by atoms with van der Waals surface area (Å²) in [5.41, 5.74) is 3.86. The summed E-state index contributed by atoms with van der Waals surface area (Å²) in [6, 6.07) is 4.94. The second-order valence-corrected chi connectivity index (χ2v) is 4.65. The van der Waals surface area contributed by atoms with Crippen LogP contribution in [-0.2, 0) is 6.42 Å². The number of phenols is 1. The van der Waals surface area contributed by atoms with Crippen LogP contribution in [0.15, 0.2) is 29.1 Å². The fraction of sp³-hybridized carbons (Fsp3) is 0.231. The maximum absolute atomic E-state index is 11.9. The van der Waals surface area contributed by atoms with Crippen molar-refractivity contribution in [1.29, 1.82) is 0 Å². The number of carbonyl (C=O) groups is 1. The molecule has 1 heterocycles. The molecule has 0 saturated heterocycles. The van der Waals surface area contributed by atoms with E-state index in [2.05, 4.69) is 10.3 Å². The summed E-state index contributed by atoms with van der Waals surface area (Å²) in [4.78, 5) is 16.1. The van der Waals surface area contributed by atoms with E-state index in [1.165, 1.54) is 0 Å². The van der Waals surface area contributed by atoms with Gasteiger partial charge in [-0.15, -0.1) is 11.3 Å². The first kappa shape index (κ1) is 12.6. The topological polar surface area (TPSA) is 62.2 Å². The summed E-state index contributed by atoms with van der Waals surface area (Å²) in [6.45, 7) is 2.27. The largest absolute Gasteiger partial charge is 0.508 e. The molecule has 2 N–H and O–H groups in total. The number of thiazole rings is 1. The number of hydrogen-bond acceptors (Lipinski definition) is 4. The van der Waals surface area contributed by atoms with Crippen LogP contribution >= 0.6 is 11.3 Å². The Morgan fingerprint density at radius 3 is 3.06 bits per heavy atom. The monoisotopic (exact) mass is 262 g/mol. The first-order chi connectivity index (χ1) is 8.68. The quantitative estimate of drug-likeness (QED) is 0.887. The average molecular weight is 262 g/mol. The molecular formula is C13H14N2O2S. The van der Waals surface area contributed by atoms with Gasteiger partial charge in [-0.3, -0.25) is 4.79 Å². The molecule has 1 aromatic heterocycles. The van der Waals surface area contributed by atoms with Gasteiger partial charge in [0.25, 0.3) is 5.91 Å². The number of aromatic nitrogens is 1. The maximum atomic E-state index is 11.9. The highest BCUT2D eigenvalue weighted by molar-refractivity contribution is 7.07. The number of nitrogens with one attached hydrogen (secondary N) is 1. The summed E-state index contributed by atoms with van der Waals surface area (Å²) in [5, 5.41) is 14.3. The molecule has 0 aliphatic carbocycles. The molecule has 0 unspecified atom stereocenters. The Hall–Kier alpha value is -1.88. The molecule has 0 aliphatic rings. The summed E-state index contributed by atoms with van der Waals surface area (Å²) in [5.74, 6) is -0.0271. The minimum atomic E-state index is -0.168. The summed E-state index contributed by atoms with van der Waals surface area (Å²) >= 11 is 1.54. The van der Waals surface area contributed by atoms with E-state index in [0.717, 1.165) is 5.69 Å². The van der Waals surface area contributed by atoms with Crippen molar-refractivity contribution < 1.29 is 9.90 Å². The smallest absolute Gasteiger partial charge is 0.251 e. The zero-order valence-electron chi connectivity index (χ0n) is 10.0. The third-order valence-electron chi connectivity index (χ3n) is 2.70. The van der Waals surface area contributed by atoms with E-state index in [9.17, 15) is 9.90 Å². The number of nitrogens with zero attached hydrogens (tertiary/aromatic N) is 1. The number of carbonyl (C=O) groups excluding carboxylic acids is 1. The third-order valence-corrected chi connectivity index (χ3v) is 3.34. The van der Waals surface area contributed by atoms with Gasteiger partial charge in [0.15, 0.2) is 0 Å². The van der Waals surface area contributed by atoms with E-state index in [4.69, 9.17) is 0 Å². The number of aromatic hydroxyl groups is 1. The highest BCUT2D eigenvalue weighted by Gasteiger charge is 2.10. The Labute approximate surface area is 109 Å². The lowest BCUT2D eigenvalue weighted by Crippen LogP contribution is -2.26. The van der Waals surface area contributed by atoms with Gasteiger partial charge < -0.3 is 10.4 Å². The first-order valence-electron chi connectivity index (χ1n) is 5.62. The summed E-state index contributed by atoms with van der Waals surface area (Å²) in [7, 11) is 0. The van der Waals surface area contributed by atoms with E-state index in [0.29, 0.717) is 24.1 Å². The van der Waals surface area contributed by atoms with Crippen LogP contribution < -0.4 is 5.32 Å². The molecule has 0 bridgehead atoms. The van der Waals surface area contributed by atoms with Gasteiger partial charge in [-0.1, -0.05) is 6.07 Å². The van der Waals surface area contributed by atoms with Crippen LogP contribution in [0.1, 0.15) is 21.6 Å². The van der Waals surface area contributed by atoms with Crippen LogP contribution in [0.3, 0.4) is 0 Å². The van der Waals surface area contributed by atoms with Gasteiger partial charge in [0.05, 0.1) is 11.2 Å².